The van der Waals surface area contributed by atoms with Gasteiger partial charge in [-0.2, -0.15) is 0 Å². The van der Waals surface area contributed by atoms with Crippen LogP contribution >= 0.6 is 11.3 Å². The Morgan fingerprint density at radius 3 is 0.978 bits per heavy atom. The van der Waals surface area contributed by atoms with Gasteiger partial charge in [-0.25, -0.2) is 15.0 Å². The molecule has 0 unspecified atom stereocenters. The first-order valence-electron chi connectivity index (χ1n) is 46.8. The summed E-state index contributed by atoms with van der Waals surface area (Å²) in [5, 5.41) is 31.1. The Balaban J connectivity index is 0.0000000996. The van der Waals surface area contributed by atoms with Gasteiger partial charge in [0.25, 0.3) is 0 Å². The summed E-state index contributed by atoms with van der Waals surface area (Å²) in [5.41, 5.74) is 29.0. The Labute approximate surface area is 787 Å². The number of para-hydroxylation sites is 8. The predicted octanol–water partition coefficient (Wildman–Crippen LogP) is 35.6. The summed E-state index contributed by atoms with van der Waals surface area (Å²) in [6.45, 7) is 0. The fourth-order valence-corrected chi connectivity index (χ4v) is 23.5. The third kappa shape index (κ3) is 12.0. The van der Waals surface area contributed by atoms with Crippen LogP contribution in [0.4, 0.5) is 0 Å². The molecular formula is C129H76N6OS. The molecular weight excluding hydrogens is 1680 g/mol. The van der Waals surface area contributed by atoms with Crippen molar-refractivity contribution in [3.05, 3.63) is 461 Å². The van der Waals surface area contributed by atoms with Crippen LogP contribution in [0.25, 0.3) is 289 Å². The SMILES string of the molecule is c1cc(-c2ccc3c4ccc5ccccc5c4c4nc5ccccc5n4c3c2)cc(-c2cccc3c2oc2ccccc23)c1.c1cc(-c2ccc3c4ccccc4c4ccccc4c3c2)cc(-c2ccc3c4ccc5ccccc5c4c4nc5ccccc5n4c3c2)c1.c1ccc2c(c1)ccc1c3ccc(-c4ccc(-c5ccc6sc7ccccc7c6c5)cc4)cc3n3c4ccccc4nc3c21. The second kappa shape index (κ2) is 30.3. The van der Waals surface area contributed by atoms with Crippen LogP contribution in [-0.2, 0) is 0 Å². The van der Waals surface area contributed by atoms with E-state index >= 15 is 0 Å². The molecule has 0 amide bonds. The molecule has 0 radical (unpaired) electrons. The lowest BCUT2D eigenvalue weighted by molar-refractivity contribution is 0.670. The van der Waals surface area contributed by atoms with E-state index in [0.717, 1.165) is 99.8 Å². The Hall–Kier alpha value is -18.0. The molecule has 0 atom stereocenters. The van der Waals surface area contributed by atoms with Crippen LogP contribution < -0.4 is 0 Å². The molecule has 0 bridgehead atoms. The number of hydrogen-bond donors (Lipinski definition) is 0. The lowest BCUT2D eigenvalue weighted by Crippen LogP contribution is -1.93. The van der Waals surface area contributed by atoms with E-state index in [2.05, 4.69) is 462 Å². The van der Waals surface area contributed by atoms with E-state index in [4.69, 9.17) is 19.4 Å². The fourth-order valence-electron chi connectivity index (χ4n) is 22.5. The van der Waals surface area contributed by atoms with Gasteiger partial charge in [0.2, 0.25) is 0 Å². The van der Waals surface area contributed by atoms with Crippen molar-refractivity contribution in [1.82, 2.24) is 28.2 Å². The van der Waals surface area contributed by atoms with Crippen molar-refractivity contribution in [2.45, 2.75) is 0 Å². The summed E-state index contributed by atoms with van der Waals surface area (Å²) < 4.78 is 16.1. The number of imidazole rings is 3. The summed E-state index contributed by atoms with van der Waals surface area (Å²) >= 11 is 1.86. The first-order chi connectivity index (χ1) is 67.9. The van der Waals surface area contributed by atoms with Crippen molar-refractivity contribution in [1.29, 1.82) is 0 Å². The molecule has 0 spiro atoms. The number of pyridine rings is 3. The van der Waals surface area contributed by atoms with Crippen LogP contribution in [0.2, 0.25) is 0 Å². The lowest BCUT2D eigenvalue weighted by atomic mass is 9.91. The van der Waals surface area contributed by atoms with Gasteiger partial charge in [-0.05, 0) is 239 Å². The van der Waals surface area contributed by atoms with E-state index in [1.165, 1.54) is 189 Å². The molecule has 634 valence electrons. The van der Waals surface area contributed by atoms with Crippen LogP contribution in [0.5, 0.6) is 0 Å². The standard InChI is InChI=1S/C47H28N2.C41H24N2O.C41H24N2S/c1-2-13-34-29(10-1)20-25-41-40-24-22-33(28-45(40)49-44-19-8-7-18-43(44)48-47(49)46(34)41)31-12-9-11-30(26-31)32-21-23-39-37-16-4-3-14-35(37)36-15-5-6-17-38(36)42(39)27-32;1-2-12-29-25(9-1)19-22-33-31-21-20-27(24-37(31)43-36-17-5-4-16-35(36)42-41(43)39(29)33)26-10-7-11-28(23-26)30-14-8-15-34-32-13-3-6-18-38(32)44-40(30)34;1-2-8-30-27(7-1)17-21-33-31-20-18-29(24-37(31)43-36-11-5-4-10-35(36)42-41(43)40(30)33)26-15-13-25(14-16-26)28-19-22-39-34(23-28)32-9-3-6-12-38(32)44-39/h1-28H;2*1-24H. The maximum Gasteiger partial charge on any atom is 0.147 e. The van der Waals surface area contributed by atoms with Crippen LogP contribution in [0.1, 0.15) is 0 Å². The monoisotopic (exact) mass is 1760 g/mol. The number of nitrogens with zero attached hydrogens (tertiary/aromatic N) is 6. The van der Waals surface area contributed by atoms with E-state index in [-0.39, 0.29) is 0 Å². The molecule has 0 fully saturated rings. The number of rotatable bonds is 6. The number of thiophene rings is 1. The molecule has 31 aromatic rings. The van der Waals surface area contributed by atoms with Gasteiger partial charge in [0, 0.05) is 68.8 Å². The molecule has 0 saturated heterocycles. The van der Waals surface area contributed by atoms with Gasteiger partial charge in [0.05, 0.1) is 49.7 Å². The Morgan fingerprint density at radius 1 is 0.175 bits per heavy atom. The van der Waals surface area contributed by atoms with Crippen molar-refractivity contribution >= 4 is 233 Å². The predicted molar refractivity (Wildman–Crippen MR) is 581 cm³/mol. The van der Waals surface area contributed by atoms with Crippen LogP contribution in [0.3, 0.4) is 0 Å². The minimum atomic E-state index is 0.914. The zero-order chi connectivity index (χ0) is 89.6. The highest BCUT2D eigenvalue weighted by atomic mass is 32.1. The van der Waals surface area contributed by atoms with Gasteiger partial charge in [-0.1, -0.05) is 364 Å². The molecule has 0 aliphatic carbocycles. The molecule has 7 nitrogen and oxygen atoms in total. The highest BCUT2D eigenvalue weighted by Crippen LogP contribution is 2.47. The fraction of sp³-hybridized carbons (Fsp3) is 0. The Bertz CT molecular complexity index is 10600. The highest BCUT2D eigenvalue weighted by molar-refractivity contribution is 7.25. The quantitative estimate of drug-likeness (QED) is 0.156. The molecule has 23 aromatic carbocycles. The average molecular weight is 1760 g/mol. The normalized spacial score (nSPS) is 12.1. The summed E-state index contributed by atoms with van der Waals surface area (Å²) in [5.74, 6) is 0. The van der Waals surface area contributed by atoms with Crippen molar-refractivity contribution in [3.63, 3.8) is 0 Å². The van der Waals surface area contributed by atoms with Crippen molar-refractivity contribution in [3.8, 4) is 66.8 Å². The second-order valence-electron chi connectivity index (χ2n) is 36.3. The van der Waals surface area contributed by atoms with Crippen molar-refractivity contribution in [2.75, 3.05) is 0 Å². The number of aromatic nitrogens is 6. The molecule has 31 rings (SSSR count). The lowest BCUT2D eigenvalue weighted by Gasteiger charge is -2.14. The zero-order valence-electron chi connectivity index (χ0n) is 73.9. The smallest absolute Gasteiger partial charge is 0.147 e. The van der Waals surface area contributed by atoms with Gasteiger partial charge in [0.1, 0.15) is 28.1 Å². The van der Waals surface area contributed by atoms with Gasteiger partial charge < -0.3 is 4.42 Å². The average Bonchev–Trinajstić information content (AvgIpc) is 1.70. The summed E-state index contributed by atoms with van der Waals surface area (Å²) in [7, 11) is 0. The number of furan rings is 1. The van der Waals surface area contributed by atoms with Crippen LogP contribution in [-0.4, -0.2) is 28.2 Å². The first-order valence-corrected chi connectivity index (χ1v) is 47.6. The maximum absolute atomic E-state index is 6.38. The number of hydrogen-bond acceptors (Lipinski definition) is 5. The minimum Gasteiger partial charge on any atom is -0.455 e. The molecule has 0 saturated carbocycles. The van der Waals surface area contributed by atoms with Gasteiger partial charge in [0.15, 0.2) is 0 Å². The van der Waals surface area contributed by atoms with Gasteiger partial charge in [-0.15, -0.1) is 11.3 Å². The first kappa shape index (κ1) is 76.7. The zero-order valence-corrected chi connectivity index (χ0v) is 74.7. The van der Waals surface area contributed by atoms with Crippen LogP contribution in [0.15, 0.2) is 465 Å². The molecule has 8 heteroatoms. The third-order valence-electron chi connectivity index (χ3n) is 28.8. The Kier molecular flexibility index (Phi) is 17.0. The summed E-state index contributed by atoms with van der Waals surface area (Å²) in [6.07, 6.45) is 0. The van der Waals surface area contributed by atoms with E-state index in [9.17, 15) is 0 Å². The van der Waals surface area contributed by atoms with E-state index in [0.29, 0.717) is 0 Å². The highest BCUT2D eigenvalue weighted by Gasteiger charge is 2.24. The van der Waals surface area contributed by atoms with Crippen molar-refractivity contribution in [2.24, 2.45) is 0 Å². The molecule has 0 aliphatic heterocycles. The molecule has 8 aromatic heterocycles. The van der Waals surface area contributed by atoms with Crippen LogP contribution in [0, 0.1) is 0 Å². The summed E-state index contributed by atoms with van der Waals surface area (Å²) in [4.78, 5) is 15.6. The third-order valence-corrected chi connectivity index (χ3v) is 30.0. The topological polar surface area (TPSA) is 65.0 Å². The van der Waals surface area contributed by atoms with Gasteiger partial charge in [-0.3, -0.25) is 13.2 Å². The Morgan fingerprint density at radius 2 is 0.489 bits per heavy atom. The van der Waals surface area contributed by atoms with E-state index in [1.807, 2.05) is 23.5 Å². The largest absolute Gasteiger partial charge is 0.455 e. The molecule has 8 heterocycles. The maximum atomic E-state index is 6.38. The molecule has 0 aliphatic rings. The van der Waals surface area contributed by atoms with E-state index < -0.39 is 0 Å². The van der Waals surface area contributed by atoms with Gasteiger partial charge >= 0.3 is 0 Å². The minimum absolute atomic E-state index is 0.914. The summed E-state index contributed by atoms with van der Waals surface area (Å²) in [6, 6.07) is 167. The number of benzene rings is 23. The van der Waals surface area contributed by atoms with E-state index in [1.54, 1.807) is 0 Å². The van der Waals surface area contributed by atoms with Crippen molar-refractivity contribution < 1.29 is 4.42 Å². The molecule has 0 N–H and O–H groups in total. The number of fused-ring (bicyclic) bond motifs is 42. The molecule has 137 heavy (non-hydrogen) atoms. The second-order valence-corrected chi connectivity index (χ2v) is 37.4.